The Balaban J connectivity index is 1.49. The number of aromatic nitrogens is 3. The summed E-state index contributed by atoms with van der Waals surface area (Å²) in [6.07, 6.45) is 1.87. The Labute approximate surface area is 161 Å². The van der Waals surface area contributed by atoms with Crippen LogP contribution in [0.25, 0.3) is 16.8 Å². The number of fused-ring (bicyclic) bond motifs is 2. The third-order valence-corrected chi connectivity index (χ3v) is 4.81. The number of hydrogen-bond acceptors (Lipinski definition) is 5. The maximum Gasteiger partial charge on any atom is 0.251 e. The van der Waals surface area contributed by atoms with Gasteiger partial charge in [-0.2, -0.15) is 4.98 Å². The highest BCUT2D eigenvalue weighted by molar-refractivity contribution is 5.98. The zero-order valence-corrected chi connectivity index (χ0v) is 15.1. The summed E-state index contributed by atoms with van der Waals surface area (Å²) in [7, 11) is 1.65. The molecule has 2 aromatic heterocycles. The molecule has 4 aromatic rings. The van der Waals surface area contributed by atoms with Crippen molar-refractivity contribution >= 4 is 23.2 Å². The molecule has 3 heterocycles. The van der Waals surface area contributed by atoms with Gasteiger partial charge in [0.25, 0.3) is 5.91 Å². The largest absolute Gasteiger partial charge is 0.497 e. The molecule has 0 saturated heterocycles. The Kier molecular flexibility index (Phi) is 3.72. The van der Waals surface area contributed by atoms with Crippen LogP contribution in [0.15, 0.2) is 60.8 Å². The van der Waals surface area contributed by atoms with Crippen LogP contribution in [-0.4, -0.2) is 27.6 Å². The van der Waals surface area contributed by atoms with Crippen LogP contribution in [0, 0.1) is 0 Å². The SMILES string of the molecule is COc1ccc(-c2cccn3nc(Nc4ccc5c(c4)CNC5=O)nc23)cc1. The minimum absolute atomic E-state index is 0.0310. The highest BCUT2D eigenvalue weighted by atomic mass is 16.5. The lowest BCUT2D eigenvalue weighted by atomic mass is 10.1. The lowest BCUT2D eigenvalue weighted by Gasteiger charge is -2.04. The van der Waals surface area contributed by atoms with Crippen molar-refractivity contribution in [2.75, 3.05) is 12.4 Å². The molecular formula is C21H17N5O2. The van der Waals surface area contributed by atoms with E-state index in [-0.39, 0.29) is 5.91 Å². The van der Waals surface area contributed by atoms with Gasteiger partial charge in [-0.15, -0.1) is 5.10 Å². The number of nitrogens with one attached hydrogen (secondary N) is 2. The number of methoxy groups -OCH3 is 1. The normalized spacial score (nSPS) is 12.7. The van der Waals surface area contributed by atoms with Crippen molar-refractivity contribution in [2.24, 2.45) is 0 Å². The molecule has 0 radical (unpaired) electrons. The average Bonchev–Trinajstić information content (AvgIpc) is 3.30. The Morgan fingerprint density at radius 2 is 1.96 bits per heavy atom. The number of nitrogens with zero attached hydrogens (tertiary/aromatic N) is 3. The summed E-state index contributed by atoms with van der Waals surface area (Å²) in [6, 6.07) is 17.4. The van der Waals surface area contributed by atoms with Crippen molar-refractivity contribution in [3.05, 3.63) is 71.9 Å². The van der Waals surface area contributed by atoms with E-state index in [4.69, 9.17) is 4.74 Å². The van der Waals surface area contributed by atoms with E-state index in [1.54, 1.807) is 11.6 Å². The Bertz CT molecular complexity index is 1200. The van der Waals surface area contributed by atoms with Gasteiger partial charge in [0.15, 0.2) is 5.65 Å². The van der Waals surface area contributed by atoms with Crippen LogP contribution in [0.4, 0.5) is 11.6 Å². The summed E-state index contributed by atoms with van der Waals surface area (Å²) in [5, 5.41) is 10.6. The van der Waals surface area contributed by atoms with Crippen molar-refractivity contribution in [3.8, 4) is 16.9 Å². The molecule has 1 aliphatic heterocycles. The quantitative estimate of drug-likeness (QED) is 0.575. The first-order chi connectivity index (χ1) is 13.7. The smallest absolute Gasteiger partial charge is 0.251 e. The fourth-order valence-corrected chi connectivity index (χ4v) is 3.39. The molecule has 0 unspecified atom stereocenters. The minimum Gasteiger partial charge on any atom is -0.497 e. The molecule has 28 heavy (non-hydrogen) atoms. The van der Waals surface area contributed by atoms with Gasteiger partial charge in [-0.05, 0) is 53.6 Å². The van der Waals surface area contributed by atoms with E-state index in [2.05, 4.69) is 20.7 Å². The third kappa shape index (κ3) is 2.73. The first-order valence-corrected chi connectivity index (χ1v) is 8.89. The Morgan fingerprint density at radius 1 is 1.11 bits per heavy atom. The molecule has 7 nitrogen and oxygen atoms in total. The van der Waals surface area contributed by atoms with Gasteiger partial charge in [-0.25, -0.2) is 4.52 Å². The van der Waals surface area contributed by atoms with Crippen molar-refractivity contribution < 1.29 is 9.53 Å². The van der Waals surface area contributed by atoms with Crippen LogP contribution in [0.2, 0.25) is 0 Å². The number of carbonyl (C=O) groups excluding carboxylic acids is 1. The number of pyridine rings is 1. The predicted octanol–water partition coefficient (Wildman–Crippen LogP) is 3.39. The summed E-state index contributed by atoms with van der Waals surface area (Å²) in [5.74, 6) is 1.28. The fraction of sp³-hybridized carbons (Fsp3) is 0.0952. The van der Waals surface area contributed by atoms with E-state index >= 15 is 0 Å². The van der Waals surface area contributed by atoms with Gasteiger partial charge >= 0.3 is 0 Å². The highest BCUT2D eigenvalue weighted by Gasteiger charge is 2.19. The second-order valence-corrected chi connectivity index (χ2v) is 6.53. The molecule has 0 aliphatic carbocycles. The van der Waals surface area contributed by atoms with Crippen LogP contribution < -0.4 is 15.4 Å². The molecule has 5 rings (SSSR count). The summed E-state index contributed by atoms with van der Waals surface area (Å²) in [6.45, 7) is 0.546. The lowest BCUT2D eigenvalue weighted by molar-refractivity contribution is 0.0966. The topological polar surface area (TPSA) is 80.5 Å². The number of carbonyl (C=O) groups is 1. The van der Waals surface area contributed by atoms with Crippen LogP contribution in [0.5, 0.6) is 5.75 Å². The van der Waals surface area contributed by atoms with Gasteiger partial charge < -0.3 is 15.4 Å². The van der Waals surface area contributed by atoms with E-state index in [9.17, 15) is 4.79 Å². The maximum atomic E-state index is 11.7. The Morgan fingerprint density at radius 3 is 2.79 bits per heavy atom. The molecule has 138 valence electrons. The number of hydrogen-bond donors (Lipinski definition) is 2. The number of amides is 1. The van der Waals surface area contributed by atoms with Crippen molar-refractivity contribution in [1.82, 2.24) is 19.9 Å². The molecular weight excluding hydrogens is 354 g/mol. The first-order valence-electron chi connectivity index (χ1n) is 8.89. The van der Waals surface area contributed by atoms with E-state index in [0.717, 1.165) is 39.3 Å². The molecule has 0 saturated carbocycles. The second-order valence-electron chi connectivity index (χ2n) is 6.53. The monoisotopic (exact) mass is 371 g/mol. The number of ether oxygens (including phenoxy) is 1. The molecule has 0 bridgehead atoms. The standard InChI is InChI=1S/C21H17N5O2/c1-28-16-7-4-13(5-8-16)17-3-2-10-26-19(17)24-21(25-26)23-15-6-9-18-14(11-15)12-22-20(18)27/h2-11H,12H2,1H3,(H,22,27)(H,23,25). The molecule has 2 aromatic carbocycles. The average molecular weight is 371 g/mol. The minimum atomic E-state index is -0.0310. The van der Waals surface area contributed by atoms with Gasteiger partial charge in [0.2, 0.25) is 5.95 Å². The number of benzene rings is 2. The van der Waals surface area contributed by atoms with E-state index < -0.39 is 0 Å². The van der Waals surface area contributed by atoms with Crippen LogP contribution in [-0.2, 0) is 6.54 Å². The van der Waals surface area contributed by atoms with Crippen LogP contribution in [0.1, 0.15) is 15.9 Å². The lowest BCUT2D eigenvalue weighted by Crippen LogP contribution is -2.12. The molecule has 1 aliphatic rings. The summed E-state index contributed by atoms with van der Waals surface area (Å²) in [5.41, 5.74) is 5.31. The summed E-state index contributed by atoms with van der Waals surface area (Å²) < 4.78 is 6.98. The van der Waals surface area contributed by atoms with Crippen LogP contribution in [0.3, 0.4) is 0 Å². The second kappa shape index (κ2) is 6.38. The van der Waals surface area contributed by atoms with E-state index in [0.29, 0.717) is 12.5 Å². The zero-order valence-electron chi connectivity index (χ0n) is 15.1. The molecule has 0 spiro atoms. The third-order valence-electron chi connectivity index (χ3n) is 4.81. The molecule has 2 N–H and O–H groups in total. The summed E-state index contributed by atoms with van der Waals surface area (Å²) >= 11 is 0. The van der Waals surface area contributed by atoms with Gasteiger partial charge in [-0.1, -0.05) is 12.1 Å². The van der Waals surface area contributed by atoms with Crippen LogP contribution >= 0.6 is 0 Å². The first kappa shape index (κ1) is 16.3. The van der Waals surface area contributed by atoms with Gasteiger partial charge in [0.1, 0.15) is 5.75 Å². The van der Waals surface area contributed by atoms with E-state index in [1.165, 1.54) is 0 Å². The zero-order chi connectivity index (χ0) is 19.1. The van der Waals surface area contributed by atoms with Crippen molar-refractivity contribution in [2.45, 2.75) is 6.54 Å². The Hall–Kier alpha value is -3.87. The molecule has 0 atom stereocenters. The van der Waals surface area contributed by atoms with Crippen molar-refractivity contribution in [3.63, 3.8) is 0 Å². The molecule has 0 fully saturated rings. The summed E-state index contributed by atoms with van der Waals surface area (Å²) in [4.78, 5) is 16.4. The fourth-order valence-electron chi connectivity index (χ4n) is 3.39. The van der Waals surface area contributed by atoms with E-state index in [1.807, 2.05) is 60.8 Å². The van der Waals surface area contributed by atoms with Crippen molar-refractivity contribution in [1.29, 1.82) is 0 Å². The number of anilines is 2. The highest BCUT2D eigenvalue weighted by Crippen LogP contribution is 2.27. The van der Waals surface area contributed by atoms with Gasteiger partial charge in [0.05, 0.1) is 7.11 Å². The van der Waals surface area contributed by atoms with Gasteiger partial charge in [0, 0.05) is 29.6 Å². The number of rotatable bonds is 4. The van der Waals surface area contributed by atoms with Gasteiger partial charge in [-0.3, -0.25) is 4.79 Å². The maximum absolute atomic E-state index is 11.7. The molecule has 1 amide bonds. The molecule has 7 heteroatoms. The predicted molar refractivity (Wildman–Crippen MR) is 106 cm³/mol.